The highest BCUT2D eigenvalue weighted by atomic mass is 32.1. The lowest BCUT2D eigenvalue weighted by molar-refractivity contribution is 0.0693. The Labute approximate surface area is 168 Å². The predicted molar refractivity (Wildman–Crippen MR) is 108 cm³/mol. The standard InChI is InChI=1S/C21H13N3O4S/c1-24-19(26)13-7-6-12(8-14(13)20(24)27)18(25)23-21-22-15(10-29-21)17-9-11-4-2-3-5-16(11)28-17/h2-10H,1H3,(H,22,23,25). The Kier molecular flexibility index (Phi) is 3.82. The summed E-state index contributed by atoms with van der Waals surface area (Å²) in [6.45, 7) is 0. The van der Waals surface area contributed by atoms with Crippen LogP contribution in [0.4, 0.5) is 5.13 Å². The molecule has 1 aliphatic heterocycles. The molecule has 3 amide bonds. The monoisotopic (exact) mass is 403 g/mol. The van der Waals surface area contributed by atoms with Crippen LogP contribution >= 0.6 is 11.3 Å². The van der Waals surface area contributed by atoms with E-state index in [0.29, 0.717) is 22.1 Å². The molecule has 0 unspecified atom stereocenters. The number of hydrogen-bond acceptors (Lipinski definition) is 6. The van der Waals surface area contributed by atoms with Gasteiger partial charge in [-0.1, -0.05) is 18.2 Å². The second kappa shape index (κ2) is 6.39. The zero-order valence-corrected chi connectivity index (χ0v) is 15.9. The molecule has 0 fully saturated rings. The summed E-state index contributed by atoms with van der Waals surface area (Å²) >= 11 is 1.27. The minimum Gasteiger partial charge on any atom is -0.454 e. The molecule has 7 nitrogen and oxygen atoms in total. The predicted octanol–water partition coefficient (Wildman–Crippen LogP) is 4.03. The number of furan rings is 1. The van der Waals surface area contributed by atoms with Crippen LogP contribution in [-0.4, -0.2) is 34.7 Å². The highest BCUT2D eigenvalue weighted by molar-refractivity contribution is 7.14. The molecule has 4 aromatic rings. The van der Waals surface area contributed by atoms with Crippen molar-refractivity contribution in [3.05, 3.63) is 70.6 Å². The molecule has 1 N–H and O–H groups in total. The van der Waals surface area contributed by atoms with Crippen LogP contribution in [0.2, 0.25) is 0 Å². The topological polar surface area (TPSA) is 92.5 Å². The summed E-state index contributed by atoms with van der Waals surface area (Å²) in [7, 11) is 1.42. The van der Waals surface area contributed by atoms with Crippen LogP contribution in [0.15, 0.2) is 58.3 Å². The number of rotatable bonds is 3. The molecule has 0 atom stereocenters. The fraction of sp³-hybridized carbons (Fsp3) is 0.0476. The van der Waals surface area contributed by atoms with Crippen molar-refractivity contribution >= 4 is 45.2 Å². The first-order valence-electron chi connectivity index (χ1n) is 8.73. The number of benzene rings is 2. The van der Waals surface area contributed by atoms with E-state index in [-0.39, 0.29) is 17.0 Å². The third kappa shape index (κ3) is 2.81. The first-order chi connectivity index (χ1) is 14.0. The Balaban J connectivity index is 1.38. The molecule has 142 valence electrons. The van der Waals surface area contributed by atoms with E-state index >= 15 is 0 Å². The number of para-hydroxylation sites is 1. The van der Waals surface area contributed by atoms with Gasteiger partial charge in [0.2, 0.25) is 0 Å². The molecule has 0 radical (unpaired) electrons. The fourth-order valence-electron chi connectivity index (χ4n) is 3.22. The number of thiazole rings is 1. The van der Waals surface area contributed by atoms with E-state index in [1.807, 2.05) is 30.3 Å². The summed E-state index contributed by atoms with van der Waals surface area (Å²) < 4.78 is 5.80. The zero-order chi connectivity index (χ0) is 20.1. The first-order valence-corrected chi connectivity index (χ1v) is 9.61. The summed E-state index contributed by atoms with van der Waals surface area (Å²) in [5.41, 5.74) is 2.20. The van der Waals surface area contributed by atoms with Crippen LogP contribution in [-0.2, 0) is 0 Å². The maximum atomic E-state index is 12.6. The van der Waals surface area contributed by atoms with E-state index in [1.54, 1.807) is 5.38 Å². The maximum Gasteiger partial charge on any atom is 0.261 e. The largest absolute Gasteiger partial charge is 0.454 e. The van der Waals surface area contributed by atoms with Gasteiger partial charge in [0.25, 0.3) is 17.7 Å². The molecule has 0 saturated carbocycles. The molecule has 2 aromatic carbocycles. The van der Waals surface area contributed by atoms with E-state index in [4.69, 9.17) is 4.42 Å². The van der Waals surface area contributed by atoms with E-state index in [0.717, 1.165) is 15.9 Å². The SMILES string of the molecule is CN1C(=O)c2ccc(C(=O)Nc3nc(-c4cc5ccccc5o4)cs3)cc2C1=O. The number of aromatic nitrogens is 1. The van der Waals surface area contributed by atoms with Crippen LogP contribution in [0.1, 0.15) is 31.1 Å². The second-order valence-corrected chi connectivity index (χ2v) is 7.43. The van der Waals surface area contributed by atoms with Crippen molar-refractivity contribution in [3.63, 3.8) is 0 Å². The van der Waals surface area contributed by atoms with Crippen LogP contribution in [0.25, 0.3) is 22.4 Å². The Morgan fingerprint density at radius 3 is 2.69 bits per heavy atom. The lowest BCUT2D eigenvalue weighted by atomic mass is 10.1. The van der Waals surface area contributed by atoms with Crippen LogP contribution in [0.5, 0.6) is 0 Å². The number of fused-ring (bicyclic) bond motifs is 2. The number of carbonyl (C=O) groups excluding carboxylic acids is 3. The Morgan fingerprint density at radius 2 is 1.86 bits per heavy atom. The van der Waals surface area contributed by atoms with E-state index < -0.39 is 11.8 Å². The number of carbonyl (C=O) groups is 3. The van der Waals surface area contributed by atoms with Gasteiger partial charge in [0, 0.05) is 23.4 Å². The van der Waals surface area contributed by atoms with Gasteiger partial charge in [0.15, 0.2) is 10.9 Å². The lowest BCUT2D eigenvalue weighted by Gasteiger charge is -2.03. The minimum absolute atomic E-state index is 0.229. The third-order valence-electron chi connectivity index (χ3n) is 4.75. The van der Waals surface area contributed by atoms with Crippen molar-refractivity contribution in [1.29, 1.82) is 0 Å². The molecule has 3 heterocycles. The van der Waals surface area contributed by atoms with Crippen molar-refractivity contribution in [1.82, 2.24) is 9.88 Å². The molecule has 5 rings (SSSR count). The van der Waals surface area contributed by atoms with Crippen molar-refractivity contribution in [3.8, 4) is 11.5 Å². The van der Waals surface area contributed by atoms with Crippen molar-refractivity contribution in [2.45, 2.75) is 0 Å². The first kappa shape index (κ1) is 17.3. The molecule has 2 aromatic heterocycles. The average Bonchev–Trinajstić information content (AvgIpc) is 3.42. The molecule has 29 heavy (non-hydrogen) atoms. The van der Waals surface area contributed by atoms with Gasteiger partial charge < -0.3 is 4.42 Å². The average molecular weight is 403 g/mol. The van der Waals surface area contributed by atoms with Gasteiger partial charge >= 0.3 is 0 Å². The van der Waals surface area contributed by atoms with E-state index in [2.05, 4.69) is 10.3 Å². The zero-order valence-electron chi connectivity index (χ0n) is 15.1. The summed E-state index contributed by atoms with van der Waals surface area (Å²) in [4.78, 5) is 42.1. The molecular weight excluding hydrogens is 390 g/mol. The van der Waals surface area contributed by atoms with E-state index in [1.165, 1.54) is 36.6 Å². The molecule has 1 aliphatic rings. The number of anilines is 1. The van der Waals surface area contributed by atoms with Crippen LogP contribution in [0.3, 0.4) is 0 Å². The molecule has 0 aliphatic carbocycles. The van der Waals surface area contributed by atoms with Gasteiger partial charge in [-0.25, -0.2) is 4.98 Å². The summed E-state index contributed by atoms with van der Waals surface area (Å²) in [5.74, 6) is -0.575. The quantitative estimate of drug-likeness (QED) is 0.521. The molecule has 0 saturated heterocycles. The molecular formula is C21H13N3O4S. The fourth-order valence-corrected chi connectivity index (χ4v) is 3.92. The maximum absolute atomic E-state index is 12.6. The van der Waals surface area contributed by atoms with Crippen molar-refractivity contribution in [2.75, 3.05) is 12.4 Å². The van der Waals surface area contributed by atoms with E-state index in [9.17, 15) is 14.4 Å². The van der Waals surface area contributed by atoms with Gasteiger partial charge in [-0.15, -0.1) is 11.3 Å². The summed E-state index contributed by atoms with van der Waals surface area (Å²) in [6.07, 6.45) is 0. The highest BCUT2D eigenvalue weighted by Gasteiger charge is 2.33. The molecule has 0 spiro atoms. The number of nitrogens with one attached hydrogen (secondary N) is 1. The Morgan fingerprint density at radius 1 is 1.07 bits per heavy atom. The third-order valence-corrected chi connectivity index (χ3v) is 5.51. The number of imide groups is 1. The van der Waals surface area contributed by atoms with Gasteiger partial charge in [0.05, 0.1) is 11.1 Å². The number of amides is 3. The Bertz CT molecular complexity index is 1290. The second-order valence-electron chi connectivity index (χ2n) is 6.57. The summed E-state index contributed by atoms with van der Waals surface area (Å²) in [6, 6.07) is 14.0. The molecule has 8 heteroatoms. The Hall–Kier alpha value is -3.78. The number of nitrogens with zero attached hydrogens (tertiary/aromatic N) is 2. The minimum atomic E-state index is -0.416. The summed E-state index contributed by atoms with van der Waals surface area (Å²) in [5, 5.41) is 5.91. The van der Waals surface area contributed by atoms with Crippen molar-refractivity contribution in [2.24, 2.45) is 0 Å². The smallest absolute Gasteiger partial charge is 0.261 e. The van der Waals surface area contributed by atoms with Gasteiger partial charge in [0.1, 0.15) is 11.3 Å². The highest BCUT2D eigenvalue weighted by Crippen LogP contribution is 2.30. The lowest BCUT2D eigenvalue weighted by Crippen LogP contribution is -2.24. The molecule has 0 bridgehead atoms. The van der Waals surface area contributed by atoms with Gasteiger partial charge in [-0.3, -0.25) is 24.6 Å². The normalized spacial score (nSPS) is 13.2. The van der Waals surface area contributed by atoms with Gasteiger partial charge in [-0.05, 0) is 30.3 Å². The van der Waals surface area contributed by atoms with Gasteiger partial charge in [-0.2, -0.15) is 0 Å². The van der Waals surface area contributed by atoms with Crippen LogP contribution < -0.4 is 5.32 Å². The number of hydrogen-bond donors (Lipinski definition) is 1. The van der Waals surface area contributed by atoms with Crippen LogP contribution in [0, 0.1) is 0 Å². The van der Waals surface area contributed by atoms with Crippen molar-refractivity contribution < 1.29 is 18.8 Å².